The lowest BCUT2D eigenvalue weighted by Gasteiger charge is -2.12. The molecule has 0 aromatic heterocycles. The smallest absolute Gasteiger partial charge is 0.226 e. The number of hydrogen-bond donors (Lipinski definition) is 3. The highest BCUT2D eigenvalue weighted by Gasteiger charge is 2.06. The van der Waals surface area contributed by atoms with Crippen LogP contribution in [0.4, 0.5) is 5.69 Å². The van der Waals surface area contributed by atoms with E-state index in [0.29, 0.717) is 23.7 Å². The molecule has 0 saturated heterocycles. The first-order valence-electron chi connectivity index (χ1n) is 7.57. The van der Waals surface area contributed by atoms with Crippen LogP contribution in [0.15, 0.2) is 23.2 Å². The SMILES string of the molecule is CCCCNC(=NC)NCCC(=O)Nc1ccc(C)cc1Cl.I. The maximum Gasteiger partial charge on any atom is 0.226 e. The molecular formula is C16H26ClIN4O. The van der Waals surface area contributed by atoms with Gasteiger partial charge in [0.25, 0.3) is 0 Å². The van der Waals surface area contributed by atoms with Crippen molar-refractivity contribution in [3.8, 4) is 0 Å². The summed E-state index contributed by atoms with van der Waals surface area (Å²) in [5.74, 6) is 0.636. The van der Waals surface area contributed by atoms with Crippen LogP contribution in [-0.2, 0) is 4.79 Å². The molecule has 1 rings (SSSR count). The van der Waals surface area contributed by atoms with Gasteiger partial charge in [0, 0.05) is 26.6 Å². The van der Waals surface area contributed by atoms with Crippen LogP contribution in [-0.4, -0.2) is 32.0 Å². The predicted octanol–water partition coefficient (Wildman–Crippen LogP) is 3.56. The molecule has 0 aliphatic rings. The van der Waals surface area contributed by atoms with Crippen molar-refractivity contribution in [2.24, 2.45) is 4.99 Å². The highest BCUT2D eigenvalue weighted by atomic mass is 127. The summed E-state index contributed by atoms with van der Waals surface area (Å²) in [5.41, 5.74) is 1.70. The maximum atomic E-state index is 11.9. The summed E-state index contributed by atoms with van der Waals surface area (Å²) < 4.78 is 0. The topological polar surface area (TPSA) is 65.5 Å². The van der Waals surface area contributed by atoms with Gasteiger partial charge < -0.3 is 16.0 Å². The molecule has 1 aromatic carbocycles. The number of unbranched alkanes of at least 4 members (excludes halogenated alkanes) is 1. The van der Waals surface area contributed by atoms with Crippen LogP contribution in [0.1, 0.15) is 31.7 Å². The highest BCUT2D eigenvalue weighted by Crippen LogP contribution is 2.22. The number of hydrogen-bond acceptors (Lipinski definition) is 2. The summed E-state index contributed by atoms with van der Waals surface area (Å²) in [6, 6.07) is 5.56. The second kappa shape index (κ2) is 12.4. The molecule has 0 spiro atoms. The molecule has 7 heteroatoms. The molecule has 1 aromatic rings. The summed E-state index contributed by atoms with van der Waals surface area (Å²) in [4.78, 5) is 16.0. The standard InChI is InChI=1S/C16H25ClN4O.HI/c1-4-5-9-19-16(18-3)20-10-8-15(22)21-14-7-6-12(2)11-13(14)17;/h6-7,11H,4-5,8-10H2,1-3H3,(H,21,22)(H2,18,19,20);1H. The molecule has 0 aliphatic heterocycles. The number of halogens is 2. The van der Waals surface area contributed by atoms with Crippen molar-refractivity contribution >= 4 is 53.1 Å². The van der Waals surface area contributed by atoms with E-state index in [9.17, 15) is 4.79 Å². The number of aryl methyl sites for hydroxylation is 1. The van der Waals surface area contributed by atoms with Gasteiger partial charge in [0.2, 0.25) is 5.91 Å². The van der Waals surface area contributed by atoms with Crippen molar-refractivity contribution in [1.29, 1.82) is 0 Å². The number of rotatable bonds is 7. The fourth-order valence-corrected chi connectivity index (χ4v) is 2.12. The van der Waals surface area contributed by atoms with Gasteiger partial charge in [-0.2, -0.15) is 0 Å². The zero-order chi connectivity index (χ0) is 16.4. The van der Waals surface area contributed by atoms with E-state index in [4.69, 9.17) is 11.6 Å². The number of carbonyl (C=O) groups is 1. The zero-order valence-corrected chi connectivity index (χ0v) is 17.0. The van der Waals surface area contributed by atoms with E-state index < -0.39 is 0 Å². The van der Waals surface area contributed by atoms with Crippen LogP contribution in [0.25, 0.3) is 0 Å². The summed E-state index contributed by atoms with van der Waals surface area (Å²) in [5, 5.41) is 9.67. The average Bonchev–Trinajstić information content (AvgIpc) is 2.48. The molecule has 0 unspecified atom stereocenters. The van der Waals surface area contributed by atoms with Gasteiger partial charge in [-0.25, -0.2) is 0 Å². The Labute approximate surface area is 160 Å². The molecule has 0 heterocycles. The molecule has 0 aliphatic carbocycles. The lowest BCUT2D eigenvalue weighted by molar-refractivity contribution is -0.116. The molecule has 0 radical (unpaired) electrons. The largest absolute Gasteiger partial charge is 0.356 e. The number of nitrogens with zero attached hydrogens (tertiary/aromatic N) is 1. The van der Waals surface area contributed by atoms with E-state index in [1.165, 1.54) is 0 Å². The summed E-state index contributed by atoms with van der Waals surface area (Å²) in [6.07, 6.45) is 2.56. The van der Waals surface area contributed by atoms with Crippen molar-refractivity contribution in [2.45, 2.75) is 33.1 Å². The van der Waals surface area contributed by atoms with Gasteiger partial charge in [0.15, 0.2) is 5.96 Å². The van der Waals surface area contributed by atoms with E-state index >= 15 is 0 Å². The first-order chi connectivity index (χ1) is 10.6. The normalized spacial score (nSPS) is 10.7. The van der Waals surface area contributed by atoms with E-state index in [0.717, 1.165) is 30.9 Å². The Kier molecular flexibility index (Phi) is 11.9. The Balaban J connectivity index is 0.00000484. The summed E-state index contributed by atoms with van der Waals surface area (Å²) >= 11 is 6.09. The Hall–Kier alpha value is -1.02. The third kappa shape index (κ3) is 9.00. The van der Waals surface area contributed by atoms with E-state index in [2.05, 4.69) is 27.9 Å². The van der Waals surface area contributed by atoms with Crippen molar-refractivity contribution in [3.63, 3.8) is 0 Å². The Morgan fingerprint density at radius 3 is 2.57 bits per heavy atom. The fourth-order valence-electron chi connectivity index (χ4n) is 1.83. The average molecular weight is 453 g/mol. The maximum absolute atomic E-state index is 11.9. The zero-order valence-electron chi connectivity index (χ0n) is 13.9. The molecule has 0 fully saturated rings. The van der Waals surface area contributed by atoms with E-state index in [1.54, 1.807) is 7.05 Å². The number of anilines is 1. The summed E-state index contributed by atoms with van der Waals surface area (Å²) in [7, 11) is 1.72. The molecule has 3 N–H and O–H groups in total. The van der Waals surface area contributed by atoms with Gasteiger partial charge in [-0.1, -0.05) is 31.0 Å². The fraction of sp³-hybridized carbons (Fsp3) is 0.500. The number of guanidine groups is 1. The quantitative estimate of drug-likeness (QED) is 0.256. The minimum Gasteiger partial charge on any atom is -0.356 e. The lowest BCUT2D eigenvalue weighted by Crippen LogP contribution is -2.39. The molecule has 130 valence electrons. The minimum atomic E-state index is -0.0812. The molecule has 1 amide bonds. The molecule has 0 saturated carbocycles. The first-order valence-corrected chi connectivity index (χ1v) is 7.95. The molecule has 23 heavy (non-hydrogen) atoms. The van der Waals surface area contributed by atoms with Crippen LogP contribution >= 0.6 is 35.6 Å². The van der Waals surface area contributed by atoms with Crippen LogP contribution in [0, 0.1) is 6.92 Å². The van der Waals surface area contributed by atoms with Gasteiger partial charge >= 0.3 is 0 Å². The van der Waals surface area contributed by atoms with Crippen LogP contribution in [0.5, 0.6) is 0 Å². The molecular weight excluding hydrogens is 427 g/mol. The van der Waals surface area contributed by atoms with Crippen molar-refractivity contribution < 1.29 is 4.79 Å². The lowest BCUT2D eigenvalue weighted by atomic mass is 10.2. The number of nitrogens with one attached hydrogen (secondary N) is 3. The number of amides is 1. The monoisotopic (exact) mass is 452 g/mol. The van der Waals surface area contributed by atoms with Crippen molar-refractivity contribution in [2.75, 3.05) is 25.5 Å². The second-order valence-corrected chi connectivity index (χ2v) is 5.47. The Morgan fingerprint density at radius 2 is 1.96 bits per heavy atom. The van der Waals surface area contributed by atoms with Gasteiger partial charge in [0.05, 0.1) is 10.7 Å². The molecule has 5 nitrogen and oxygen atoms in total. The van der Waals surface area contributed by atoms with Crippen molar-refractivity contribution in [3.05, 3.63) is 28.8 Å². The predicted molar refractivity (Wildman–Crippen MR) is 109 cm³/mol. The highest BCUT2D eigenvalue weighted by molar-refractivity contribution is 14.0. The minimum absolute atomic E-state index is 0. The summed E-state index contributed by atoms with van der Waals surface area (Å²) in [6.45, 7) is 5.49. The van der Waals surface area contributed by atoms with Gasteiger partial charge in [-0.3, -0.25) is 9.79 Å². The number of aliphatic imine (C=N–C) groups is 1. The van der Waals surface area contributed by atoms with Gasteiger partial charge in [-0.15, -0.1) is 24.0 Å². The van der Waals surface area contributed by atoms with E-state index in [-0.39, 0.29) is 29.9 Å². The first kappa shape index (κ1) is 22.0. The Bertz CT molecular complexity index is 523. The van der Waals surface area contributed by atoms with Gasteiger partial charge in [-0.05, 0) is 31.0 Å². The second-order valence-electron chi connectivity index (χ2n) is 5.06. The van der Waals surface area contributed by atoms with Crippen LogP contribution < -0.4 is 16.0 Å². The van der Waals surface area contributed by atoms with Crippen LogP contribution in [0.2, 0.25) is 5.02 Å². The van der Waals surface area contributed by atoms with Crippen LogP contribution in [0.3, 0.4) is 0 Å². The van der Waals surface area contributed by atoms with E-state index in [1.807, 2.05) is 25.1 Å². The molecule has 0 atom stereocenters. The third-order valence-corrected chi connectivity index (χ3v) is 3.40. The number of carbonyl (C=O) groups excluding carboxylic acids is 1. The number of benzene rings is 1. The third-order valence-electron chi connectivity index (χ3n) is 3.09. The van der Waals surface area contributed by atoms with Crippen molar-refractivity contribution in [1.82, 2.24) is 10.6 Å². The molecule has 0 bridgehead atoms. The van der Waals surface area contributed by atoms with Gasteiger partial charge in [0.1, 0.15) is 0 Å². The Morgan fingerprint density at radius 1 is 1.26 bits per heavy atom.